The number of halogens is 1. The second kappa shape index (κ2) is 7.61. The normalized spacial score (nSPS) is 13.7. The number of furan rings is 1. The van der Waals surface area contributed by atoms with E-state index in [9.17, 15) is 4.79 Å². The summed E-state index contributed by atoms with van der Waals surface area (Å²) in [6, 6.07) is 11.3. The topological polar surface area (TPSA) is 60.1 Å². The van der Waals surface area contributed by atoms with Gasteiger partial charge in [0.25, 0.3) is 5.91 Å². The van der Waals surface area contributed by atoms with E-state index < -0.39 is 0 Å². The first-order valence-electron chi connectivity index (χ1n) is 9.35. The average molecular weight is 384 g/mol. The molecule has 140 valence electrons. The molecule has 1 aromatic carbocycles. The molecule has 6 heteroatoms. The van der Waals surface area contributed by atoms with E-state index in [4.69, 9.17) is 21.1 Å². The van der Waals surface area contributed by atoms with Gasteiger partial charge in [-0.1, -0.05) is 31.0 Å². The SMILES string of the molecule is CCCc1c(C(=O)NCc2ccco2)c(C2CC2)nn1-c1cccc(Cl)c1. The summed E-state index contributed by atoms with van der Waals surface area (Å²) in [5, 5.41) is 8.48. The number of nitrogens with one attached hydrogen (secondary N) is 1. The van der Waals surface area contributed by atoms with E-state index in [0.29, 0.717) is 23.0 Å². The summed E-state index contributed by atoms with van der Waals surface area (Å²) in [6.45, 7) is 2.47. The van der Waals surface area contributed by atoms with E-state index in [1.807, 2.05) is 41.1 Å². The van der Waals surface area contributed by atoms with E-state index in [2.05, 4.69) is 12.2 Å². The highest BCUT2D eigenvalue weighted by molar-refractivity contribution is 6.30. The number of carbonyl (C=O) groups is 1. The molecule has 4 rings (SSSR count). The molecule has 0 saturated heterocycles. The first-order chi connectivity index (χ1) is 13.2. The van der Waals surface area contributed by atoms with Crippen LogP contribution < -0.4 is 5.32 Å². The second-order valence-corrected chi connectivity index (χ2v) is 7.32. The zero-order chi connectivity index (χ0) is 18.8. The molecule has 0 radical (unpaired) electrons. The molecular formula is C21H22ClN3O2. The minimum absolute atomic E-state index is 0.0926. The number of aromatic nitrogens is 2. The Morgan fingerprint density at radius 1 is 1.33 bits per heavy atom. The van der Waals surface area contributed by atoms with E-state index >= 15 is 0 Å². The molecule has 1 aliphatic rings. The summed E-state index contributed by atoms with van der Waals surface area (Å²) in [4.78, 5) is 13.1. The second-order valence-electron chi connectivity index (χ2n) is 6.88. The highest BCUT2D eigenvalue weighted by Gasteiger charge is 2.34. The Morgan fingerprint density at radius 3 is 2.85 bits per heavy atom. The summed E-state index contributed by atoms with van der Waals surface area (Å²) in [5.41, 5.74) is 3.44. The van der Waals surface area contributed by atoms with Crippen molar-refractivity contribution in [1.29, 1.82) is 0 Å². The lowest BCUT2D eigenvalue weighted by Gasteiger charge is -2.10. The highest BCUT2D eigenvalue weighted by atomic mass is 35.5. The molecule has 0 spiro atoms. The van der Waals surface area contributed by atoms with Gasteiger partial charge < -0.3 is 9.73 Å². The van der Waals surface area contributed by atoms with Crippen LogP contribution in [0.25, 0.3) is 5.69 Å². The molecule has 5 nitrogen and oxygen atoms in total. The molecule has 1 N–H and O–H groups in total. The van der Waals surface area contributed by atoms with Gasteiger partial charge in [0.1, 0.15) is 5.76 Å². The van der Waals surface area contributed by atoms with Crippen LogP contribution in [0.3, 0.4) is 0 Å². The van der Waals surface area contributed by atoms with Gasteiger partial charge in [-0.05, 0) is 49.6 Å². The van der Waals surface area contributed by atoms with Crippen LogP contribution in [0.5, 0.6) is 0 Å². The van der Waals surface area contributed by atoms with Gasteiger partial charge in [-0.2, -0.15) is 5.10 Å². The maximum absolute atomic E-state index is 13.1. The monoisotopic (exact) mass is 383 g/mol. The van der Waals surface area contributed by atoms with Crippen LogP contribution >= 0.6 is 11.6 Å². The Balaban J connectivity index is 1.73. The third-order valence-electron chi connectivity index (χ3n) is 4.74. The van der Waals surface area contributed by atoms with Gasteiger partial charge in [0.05, 0.1) is 35.4 Å². The third kappa shape index (κ3) is 3.78. The Bertz CT molecular complexity index is 942. The number of hydrogen-bond acceptors (Lipinski definition) is 3. The molecule has 0 aliphatic heterocycles. The number of carbonyl (C=O) groups excluding carboxylic acids is 1. The van der Waals surface area contributed by atoms with E-state index in [1.165, 1.54) is 0 Å². The number of hydrogen-bond donors (Lipinski definition) is 1. The quantitative estimate of drug-likeness (QED) is 0.632. The number of rotatable bonds is 7. The van der Waals surface area contributed by atoms with Crippen molar-refractivity contribution < 1.29 is 9.21 Å². The Hall–Kier alpha value is -2.53. The van der Waals surface area contributed by atoms with Gasteiger partial charge in [0, 0.05) is 10.9 Å². The van der Waals surface area contributed by atoms with Crippen LogP contribution in [-0.2, 0) is 13.0 Å². The summed E-state index contributed by atoms with van der Waals surface area (Å²) >= 11 is 6.18. The lowest BCUT2D eigenvalue weighted by Crippen LogP contribution is -2.24. The predicted octanol–water partition coefficient (Wildman–Crippen LogP) is 4.88. The van der Waals surface area contributed by atoms with Gasteiger partial charge in [-0.25, -0.2) is 4.68 Å². The van der Waals surface area contributed by atoms with Gasteiger partial charge in [-0.15, -0.1) is 0 Å². The van der Waals surface area contributed by atoms with Crippen molar-refractivity contribution in [2.45, 2.75) is 45.1 Å². The molecule has 1 fully saturated rings. The van der Waals surface area contributed by atoms with Crippen LogP contribution in [0.1, 0.15) is 59.6 Å². The molecule has 1 saturated carbocycles. The molecular weight excluding hydrogens is 362 g/mol. The summed E-state index contributed by atoms with van der Waals surface area (Å²) in [6.07, 6.45) is 5.47. The summed E-state index contributed by atoms with van der Waals surface area (Å²) in [5.74, 6) is 1.01. The molecule has 2 heterocycles. The predicted molar refractivity (Wildman–Crippen MR) is 104 cm³/mol. The summed E-state index contributed by atoms with van der Waals surface area (Å²) < 4.78 is 7.22. The minimum Gasteiger partial charge on any atom is -0.467 e. The van der Waals surface area contributed by atoms with Crippen LogP contribution in [0, 0.1) is 0 Å². The van der Waals surface area contributed by atoms with Crippen molar-refractivity contribution in [2.75, 3.05) is 0 Å². The Morgan fingerprint density at radius 2 is 2.19 bits per heavy atom. The van der Waals surface area contributed by atoms with Crippen LogP contribution in [0.15, 0.2) is 47.1 Å². The van der Waals surface area contributed by atoms with Crippen molar-refractivity contribution in [3.8, 4) is 5.69 Å². The lowest BCUT2D eigenvalue weighted by molar-refractivity contribution is 0.0946. The van der Waals surface area contributed by atoms with Crippen LogP contribution in [0.4, 0.5) is 0 Å². The van der Waals surface area contributed by atoms with Gasteiger partial charge >= 0.3 is 0 Å². The standard InChI is InChI=1S/C21H22ClN3O2/c1-2-5-18-19(21(26)23-13-17-8-4-11-27-17)20(14-9-10-14)24-25(18)16-7-3-6-15(22)12-16/h3-4,6-8,11-12,14H,2,5,9-10,13H2,1H3,(H,23,26). The van der Waals surface area contributed by atoms with Crippen LogP contribution in [-0.4, -0.2) is 15.7 Å². The van der Waals surface area contributed by atoms with Gasteiger partial charge in [0.15, 0.2) is 0 Å². The van der Waals surface area contributed by atoms with Gasteiger partial charge in [0.2, 0.25) is 0 Å². The third-order valence-corrected chi connectivity index (χ3v) is 4.98. The van der Waals surface area contributed by atoms with Gasteiger partial charge in [-0.3, -0.25) is 4.79 Å². The van der Waals surface area contributed by atoms with Crippen molar-refractivity contribution in [1.82, 2.24) is 15.1 Å². The zero-order valence-corrected chi connectivity index (χ0v) is 16.0. The fourth-order valence-electron chi connectivity index (χ4n) is 3.32. The van der Waals surface area contributed by atoms with E-state index in [-0.39, 0.29) is 5.91 Å². The molecule has 0 bridgehead atoms. The van der Waals surface area contributed by atoms with E-state index in [0.717, 1.165) is 48.5 Å². The smallest absolute Gasteiger partial charge is 0.255 e. The minimum atomic E-state index is -0.0926. The largest absolute Gasteiger partial charge is 0.467 e. The molecule has 27 heavy (non-hydrogen) atoms. The molecule has 2 aromatic heterocycles. The molecule has 1 aliphatic carbocycles. The maximum Gasteiger partial charge on any atom is 0.255 e. The molecule has 0 unspecified atom stereocenters. The molecule has 0 atom stereocenters. The van der Waals surface area contributed by atoms with Crippen molar-refractivity contribution in [3.05, 3.63) is 70.4 Å². The first kappa shape index (κ1) is 17.9. The zero-order valence-electron chi connectivity index (χ0n) is 15.2. The summed E-state index contributed by atoms with van der Waals surface area (Å²) in [7, 11) is 0. The number of amides is 1. The Kier molecular flexibility index (Phi) is 5.03. The molecule has 1 amide bonds. The number of benzene rings is 1. The van der Waals surface area contributed by atoms with Crippen molar-refractivity contribution in [2.24, 2.45) is 0 Å². The first-order valence-corrected chi connectivity index (χ1v) is 9.73. The fraction of sp³-hybridized carbons (Fsp3) is 0.333. The van der Waals surface area contributed by atoms with Crippen molar-refractivity contribution in [3.63, 3.8) is 0 Å². The van der Waals surface area contributed by atoms with E-state index in [1.54, 1.807) is 6.26 Å². The number of nitrogens with zero attached hydrogens (tertiary/aromatic N) is 2. The maximum atomic E-state index is 13.1. The molecule has 3 aromatic rings. The fourth-order valence-corrected chi connectivity index (χ4v) is 3.50. The van der Waals surface area contributed by atoms with Crippen LogP contribution in [0.2, 0.25) is 5.02 Å². The Labute approximate surface area is 163 Å². The average Bonchev–Trinajstić information content (AvgIpc) is 3.24. The van der Waals surface area contributed by atoms with Crippen molar-refractivity contribution >= 4 is 17.5 Å². The highest BCUT2D eigenvalue weighted by Crippen LogP contribution is 2.42. The lowest BCUT2D eigenvalue weighted by atomic mass is 10.1.